The molecule has 1 aliphatic rings. The summed E-state index contributed by atoms with van der Waals surface area (Å²) >= 11 is 3.34. The molecule has 1 unspecified atom stereocenters. The molecule has 2 rings (SSSR count). The van der Waals surface area contributed by atoms with E-state index < -0.39 is 10.0 Å². The van der Waals surface area contributed by atoms with Gasteiger partial charge in [-0.25, -0.2) is 8.42 Å². The standard InChI is InChI=1S/C12H16BrNO3S/c1-9-7-10(13)3-4-12(9)18(15,16)14(2)11-5-6-17-8-11/h3-4,7,11H,5-6,8H2,1-2H3. The molecule has 0 amide bonds. The Kier molecular flexibility index (Phi) is 4.11. The minimum absolute atomic E-state index is 0.0574. The highest BCUT2D eigenvalue weighted by Crippen LogP contribution is 2.25. The van der Waals surface area contributed by atoms with Crippen molar-refractivity contribution in [2.45, 2.75) is 24.3 Å². The van der Waals surface area contributed by atoms with Crippen molar-refractivity contribution in [1.29, 1.82) is 0 Å². The average molecular weight is 334 g/mol. The average Bonchev–Trinajstić information content (AvgIpc) is 2.80. The molecule has 6 heteroatoms. The fourth-order valence-electron chi connectivity index (χ4n) is 2.06. The number of likely N-dealkylation sites (N-methyl/N-ethyl adjacent to an activating group) is 1. The fraction of sp³-hybridized carbons (Fsp3) is 0.500. The number of sulfonamides is 1. The van der Waals surface area contributed by atoms with Gasteiger partial charge < -0.3 is 4.74 Å². The van der Waals surface area contributed by atoms with E-state index in [9.17, 15) is 8.42 Å². The quantitative estimate of drug-likeness (QED) is 0.851. The number of hydrogen-bond donors (Lipinski definition) is 0. The molecule has 1 aliphatic heterocycles. The van der Waals surface area contributed by atoms with Crippen molar-refractivity contribution in [3.05, 3.63) is 28.2 Å². The molecular weight excluding hydrogens is 318 g/mol. The van der Waals surface area contributed by atoms with E-state index in [-0.39, 0.29) is 6.04 Å². The second-order valence-electron chi connectivity index (χ2n) is 4.45. The zero-order chi connectivity index (χ0) is 13.3. The first-order chi connectivity index (χ1) is 8.43. The van der Waals surface area contributed by atoms with E-state index in [0.717, 1.165) is 16.5 Å². The first-order valence-corrected chi connectivity index (χ1v) is 7.98. The van der Waals surface area contributed by atoms with Gasteiger partial charge in [-0.05, 0) is 37.1 Å². The summed E-state index contributed by atoms with van der Waals surface area (Å²) in [5, 5.41) is 0. The molecule has 0 aliphatic carbocycles. The Hall–Kier alpha value is -0.430. The van der Waals surface area contributed by atoms with Gasteiger partial charge in [0.25, 0.3) is 0 Å². The summed E-state index contributed by atoms with van der Waals surface area (Å²) in [4.78, 5) is 0.361. The van der Waals surface area contributed by atoms with Crippen LogP contribution in [0.1, 0.15) is 12.0 Å². The van der Waals surface area contributed by atoms with E-state index in [1.165, 1.54) is 4.31 Å². The SMILES string of the molecule is Cc1cc(Br)ccc1S(=O)(=O)N(C)C1CCOC1. The smallest absolute Gasteiger partial charge is 0.243 e. The first kappa shape index (κ1) is 14.0. The molecule has 1 fully saturated rings. The number of aryl methyl sites for hydroxylation is 1. The monoisotopic (exact) mass is 333 g/mol. The molecule has 1 saturated heterocycles. The Morgan fingerprint density at radius 2 is 2.17 bits per heavy atom. The minimum atomic E-state index is -3.44. The van der Waals surface area contributed by atoms with Crippen LogP contribution in [0.4, 0.5) is 0 Å². The van der Waals surface area contributed by atoms with Gasteiger partial charge in [0.05, 0.1) is 17.5 Å². The van der Waals surface area contributed by atoms with Crippen molar-refractivity contribution in [1.82, 2.24) is 4.31 Å². The minimum Gasteiger partial charge on any atom is -0.380 e. The second-order valence-corrected chi connectivity index (χ2v) is 7.33. The van der Waals surface area contributed by atoms with Crippen molar-refractivity contribution >= 4 is 26.0 Å². The summed E-state index contributed by atoms with van der Waals surface area (Å²) in [5.41, 5.74) is 0.746. The third-order valence-corrected chi connectivity index (χ3v) is 5.78. The van der Waals surface area contributed by atoms with Gasteiger partial charge in [-0.15, -0.1) is 0 Å². The zero-order valence-corrected chi connectivity index (χ0v) is 12.8. The summed E-state index contributed by atoms with van der Waals surface area (Å²) in [6.07, 6.45) is 0.755. The maximum absolute atomic E-state index is 12.5. The van der Waals surface area contributed by atoms with E-state index in [1.54, 1.807) is 26.1 Å². The van der Waals surface area contributed by atoms with Gasteiger partial charge in [-0.2, -0.15) is 4.31 Å². The lowest BCUT2D eigenvalue weighted by molar-refractivity contribution is 0.181. The largest absolute Gasteiger partial charge is 0.380 e. The van der Waals surface area contributed by atoms with Gasteiger partial charge in [-0.3, -0.25) is 0 Å². The van der Waals surface area contributed by atoms with E-state index >= 15 is 0 Å². The van der Waals surface area contributed by atoms with Gasteiger partial charge in [0.1, 0.15) is 0 Å². The van der Waals surface area contributed by atoms with E-state index in [2.05, 4.69) is 15.9 Å². The maximum Gasteiger partial charge on any atom is 0.243 e. The van der Waals surface area contributed by atoms with Gasteiger partial charge in [-0.1, -0.05) is 15.9 Å². The van der Waals surface area contributed by atoms with Crippen molar-refractivity contribution in [2.24, 2.45) is 0 Å². The molecule has 0 radical (unpaired) electrons. The molecule has 0 spiro atoms. The Balaban J connectivity index is 2.35. The molecule has 1 atom stereocenters. The molecule has 100 valence electrons. The lowest BCUT2D eigenvalue weighted by atomic mass is 10.2. The number of hydrogen-bond acceptors (Lipinski definition) is 3. The van der Waals surface area contributed by atoms with E-state index in [4.69, 9.17) is 4.74 Å². The summed E-state index contributed by atoms with van der Waals surface area (Å²) < 4.78 is 32.6. The lowest BCUT2D eigenvalue weighted by Gasteiger charge is -2.23. The van der Waals surface area contributed by atoms with Crippen molar-refractivity contribution in [2.75, 3.05) is 20.3 Å². The third kappa shape index (κ3) is 2.61. The summed E-state index contributed by atoms with van der Waals surface area (Å²) in [6, 6.07) is 5.14. The maximum atomic E-state index is 12.5. The number of benzene rings is 1. The zero-order valence-electron chi connectivity index (χ0n) is 10.4. The third-order valence-electron chi connectivity index (χ3n) is 3.21. The van der Waals surface area contributed by atoms with Crippen LogP contribution in [-0.2, 0) is 14.8 Å². The van der Waals surface area contributed by atoms with Gasteiger partial charge in [0, 0.05) is 18.1 Å². The van der Waals surface area contributed by atoms with Crippen LogP contribution in [0.5, 0.6) is 0 Å². The number of halogens is 1. The van der Waals surface area contributed by atoms with Crippen LogP contribution in [-0.4, -0.2) is 39.0 Å². The number of ether oxygens (including phenoxy) is 1. The predicted octanol–water partition coefficient (Wildman–Crippen LogP) is 2.17. The molecule has 1 heterocycles. The highest BCUT2D eigenvalue weighted by Gasteiger charge is 2.31. The van der Waals surface area contributed by atoms with Gasteiger partial charge in [0.15, 0.2) is 0 Å². The molecule has 18 heavy (non-hydrogen) atoms. The molecule has 0 aromatic heterocycles. The van der Waals surface area contributed by atoms with Crippen molar-refractivity contribution < 1.29 is 13.2 Å². The van der Waals surface area contributed by atoms with Crippen LogP contribution in [0.3, 0.4) is 0 Å². The molecular formula is C12H16BrNO3S. The van der Waals surface area contributed by atoms with Crippen LogP contribution in [0.15, 0.2) is 27.6 Å². The molecule has 0 N–H and O–H groups in total. The summed E-state index contributed by atoms with van der Waals surface area (Å²) in [5.74, 6) is 0. The predicted molar refractivity (Wildman–Crippen MR) is 73.1 cm³/mol. The van der Waals surface area contributed by atoms with E-state index in [1.807, 2.05) is 6.07 Å². The summed E-state index contributed by atoms with van der Waals surface area (Å²) in [7, 11) is -1.82. The van der Waals surface area contributed by atoms with Crippen molar-refractivity contribution in [3.8, 4) is 0 Å². The Morgan fingerprint density at radius 1 is 1.44 bits per heavy atom. The molecule has 0 bridgehead atoms. The van der Waals surface area contributed by atoms with Crippen molar-refractivity contribution in [3.63, 3.8) is 0 Å². The van der Waals surface area contributed by atoms with E-state index in [0.29, 0.717) is 18.1 Å². The van der Waals surface area contributed by atoms with Crippen LogP contribution in [0.2, 0.25) is 0 Å². The van der Waals surface area contributed by atoms with Crippen LogP contribution >= 0.6 is 15.9 Å². The lowest BCUT2D eigenvalue weighted by Crippen LogP contribution is -2.37. The highest BCUT2D eigenvalue weighted by molar-refractivity contribution is 9.10. The topological polar surface area (TPSA) is 46.6 Å². The number of rotatable bonds is 3. The molecule has 4 nitrogen and oxygen atoms in total. The Bertz CT molecular complexity index is 538. The fourth-order valence-corrected chi connectivity index (χ4v) is 4.11. The Morgan fingerprint density at radius 3 is 2.72 bits per heavy atom. The number of nitrogens with zero attached hydrogens (tertiary/aromatic N) is 1. The molecule has 1 aromatic rings. The Labute approximate surface area is 116 Å². The van der Waals surface area contributed by atoms with Gasteiger partial charge in [0.2, 0.25) is 10.0 Å². The van der Waals surface area contributed by atoms with Crippen LogP contribution in [0, 0.1) is 6.92 Å². The molecule has 1 aromatic carbocycles. The summed E-state index contributed by atoms with van der Waals surface area (Å²) in [6.45, 7) is 2.91. The van der Waals surface area contributed by atoms with Crippen LogP contribution in [0.25, 0.3) is 0 Å². The molecule has 0 saturated carbocycles. The first-order valence-electron chi connectivity index (χ1n) is 5.75. The normalized spacial score (nSPS) is 20.6. The van der Waals surface area contributed by atoms with Crippen LogP contribution < -0.4 is 0 Å². The second kappa shape index (κ2) is 5.28. The highest BCUT2D eigenvalue weighted by atomic mass is 79.9. The van der Waals surface area contributed by atoms with Gasteiger partial charge >= 0.3 is 0 Å².